The molecule has 6 rings (SSSR count). The summed E-state index contributed by atoms with van der Waals surface area (Å²) in [6, 6.07) is 5.20. The highest BCUT2D eigenvalue weighted by molar-refractivity contribution is 7.94. The lowest BCUT2D eigenvalue weighted by Gasteiger charge is -2.39. The Morgan fingerprint density at radius 2 is 1.10 bits per heavy atom. The summed E-state index contributed by atoms with van der Waals surface area (Å²) < 4.78 is 177. The maximum Gasteiger partial charge on any atom is 0.410 e. The van der Waals surface area contributed by atoms with Gasteiger partial charge < -0.3 is 25.2 Å². The van der Waals surface area contributed by atoms with Crippen LogP contribution in [0.3, 0.4) is 0 Å². The first-order valence-corrected chi connectivity index (χ1v) is 21.1. The maximum atomic E-state index is 15.6. The molecular formula is C38H33F8N5O8S2. The number of carbonyl (C=O) groups excluding carboxylic acids is 3. The number of nitrogens with zero attached hydrogens (tertiary/aromatic N) is 3. The number of ether oxygens (including phenoxy) is 1. The van der Waals surface area contributed by atoms with Crippen molar-refractivity contribution in [1.29, 1.82) is 0 Å². The first-order valence-electron chi connectivity index (χ1n) is 18.2. The van der Waals surface area contributed by atoms with Crippen molar-refractivity contribution in [1.82, 2.24) is 14.1 Å². The van der Waals surface area contributed by atoms with Crippen molar-refractivity contribution in [2.45, 2.75) is 41.0 Å². The summed E-state index contributed by atoms with van der Waals surface area (Å²) >= 11 is 0. The van der Waals surface area contributed by atoms with Crippen LogP contribution in [0.25, 0.3) is 0 Å². The highest BCUT2D eigenvalue weighted by Gasteiger charge is 2.47. The van der Waals surface area contributed by atoms with Crippen LogP contribution in [0, 0.1) is 46.5 Å². The molecule has 2 unspecified atom stereocenters. The van der Waals surface area contributed by atoms with Gasteiger partial charge in [0.15, 0.2) is 44.7 Å². The first kappa shape index (κ1) is 44.9. The monoisotopic (exact) mass is 903 g/mol. The smallest absolute Gasteiger partial charge is 0.410 e. The molecule has 0 saturated carbocycles. The van der Waals surface area contributed by atoms with Gasteiger partial charge in [0.1, 0.15) is 32.9 Å². The van der Waals surface area contributed by atoms with Crippen LogP contribution in [0.5, 0.6) is 0 Å². The number of hydrogen-bond acceptors (Lipinski definition) is 9. The van der Waals surface area contributed by atoms with Gasteiger partial charge in [-0.25, -0.2) is 56.8 Å². The molecule has 0 aliphatic carbocycles. The SMILES string of the molecule is CCN1CCN(C(=O)OC2CCN(S(=O)(=O)c3cc(C(=O)Nc4cc(F)c(F)c(F)c4)ccc3F)C(S(=O)(=O)c3cc(C(=O)Nc4cc(F)c(F)c(F)c4)ccc3F)C2)CC1. The zero-order valence-corrected chi connectivity index (χ0v) is 33.2. The Labute approximate surface area is 342 Å². The molecule has 2 saturated heterocycles. The summed E-state index contributed by atoms with van der Waals surface area (Å²) in [6.45, 7) is 3.30. The fraction of sp³-hybridized carbons (Fsp3) is 0.289. The molecular weight excluding hydrogens is 871 g/mol. The summed E-state index contributed by atoms with van der Waals surface area (Å²) in [5, 5.41) is 1.62. The molecule has 2 heterocycles. The number of hydrogen-bond donors (Lipinski definition) is 2. The lowest BCUT2D eigenvalue weighted by molar-refractivity contribution is 0.0252. The van der Waals surface area contributed by atoms with Crippen LogP contribution in [-0.2, 0) is 24.6 Å². The van der Waals surface area contributed by atoms with Gasteiger partial charge in [-0.2, -0.15) is 4.31 Å². The molecule has 0 radical (unpaired) electrons. The number of sulfone groups is 1. The average molecular weight is 904 g/mol. The van der Waals surface area contributed by atoms with E-state index in [4.69, 9.17) is 4.74 Å². The minimum Gasteiger partial charge on any atom is -0.446 e. The summed E-state index contributed by atoms with van der Waals surface area (Å²) in [5.74, 6) is -16.0. The number of amides is 3. The van der Waals surface area contributed by atoms with E-state index in [2.05, 4.69) is 4.90 Å². The van der Waals surface area contributed by atoms with E-state index < -0.39 is 141 Å². The van der Waals surface area contributed by atoms with Crippen LogP contribution in [0.4, 0.5) is 51.3 Å². The van der Waals surface area contributed by atoms with Gasteiger partial charge in [-0.1, -0.05) is 6.92 Å². The number of piperazine rings is 1. The second-order valence-corrected chi connectivity index (χ2v) is 17.7. The van der Waals surface area contributed by atoms with Crippen molar-refractivity contribution >= 4 is 49.1 Å². The van der Waals surface area contributed by atoms with E-state index in [1.807, 2.05) is 17.6 Å². The lowest BCUT2D eigenvalue weighted by atomic mass is 10.1. The number of rotatable bonds is 10. The Hall–Kier alpha value is -5.65. The number of carbonyl (C=O) groups is 3. The van der Waals surface area contributed by atoms with Crippen LogP contribution in [0.2, 0.25) is 0 Å². The van der Waals surface area contributed by atoms with E-state index in [9.17, 15) is 57.6 Å². The normalized spacial score (nSPS) is 17.8. The van der Waals surface area contributed by atoms with Gasteiger partial charge in [-0.05, 0) is 49.4 Å². The molecule has 13 nitrogen and oxygen atoms in total. The fourth-order valence-electron chi connectivity index (χ4n) is 6.64. The van der Waals surface area contributed by atoms with Crippen molar-refractivity contribution in [3.8, 4) is 0 Å². The lowest BCUT2D eigenvalue weighted by Crippen LogP contribution is -2.53. The molecule has 23 heteroatoms. The van der Waals surface area contributed by atoms with E-state index in [0.717, 1.165) is 12.1 Å². The number of likely N-dealkylation sites (N-methyl/N-ethyl adjacent to an activating group) is 1. The van der Waals surface area contributed by atoms with Crippen LogP contribution in [-0.4, -0.2) is 99.6 Å². The summed E-state index contributed by atoms with van der Waals surface area (Å²) in [7, 11) is -10.8. The predicted octanol–water partition coefficient (Wildman–Crippen LogP) is 6.03. The van der Waals surface area contributed by atoms with E-state index in [1.54, 1.807) is 0 Å². The minimum atomic E-state index is -5.38. The number of piperidine rings is 1. The van der Waals surface area contributed by atoms with Crippen molar-refractivity contribution in [2.75, 3.05) is 49.9 Å². The van der Waals surface area contributed by atoms with Gasteiger partial charge in [0.05, 0.1) is 0 Å². The number of anilines is 2. The molecule has 61 heavy (non-hydrogen) atoms. The molecule has 2 fully saturated rings. The molecule has 4 aromatic rings. The molecule has 326 valence electrons. The molecule has 0 aromatic heterocycles. The van der Waals surface area contributed by atoms with Gasteiger partial charge in [0.2, 0.25) is 10.0 Å². The largest absolute Gasteiger partial charge is 0.446 e. The molecule has 3 amide bonds. The minimum absolute atomic E-state index is 0.243. The maximum absolute atomic E-state index is 15.6. The third-order valence-corrected chi connectivity index (χ3v) is 14.1. The molecule has 0 bridgehead atoms. The van der Waals surface area contributed by atoms with E-state index >= 15 is 8.78 Å². The number of halogens is 8. The van der Waals surface area contributed by atoms with E-state index in [1.165, 1.54) is 4.90 Å². The van der Waals surface area contributed by atoms with Gasteiger partial charge in [0, 0.05) is 85.9 Å². The van der Waals surface area contributed by atoms with E-state index in [0.29, 0.717) is 68.2 Å². The second-order valence-electron chi connectivity index (χ2n) is 13.8. The van der Waals surface area contributed by atoms with E-state index in [-0.39, 0.29) is 23.8 Å². The van der Waals surface area contributed by atoms with Gasteiger partial charge in [-0.3, -0.25) is 9.59 Å². The Balaban J connectivity index is 1.35. The predicted molar refractivity (Wildman–Crippen MR) is 199 cm³/mol. The van der Waals surface area contributed by atoms with Crippen molar-refractivity contribution in [3.63, 3.8) is 0 Å². The zero-order valence-electron chi connectivity index (χ0n) is 31.5. The fourth-order valence-corrected chi connectivity index (χ4v) is 10.7. The molecule has 4 aromatic carbocycles. The molecule has 2 aliphatic rings. The van der Waals surface area contributed by atoms with Crippen LogP contribution >= 0.6 is 0 Å². The number of nitrogens with one attached hydrogen (secondary N) is 2. The third kappa shape index (κ3) is 9.48. The van der Waals surface area contributed by atoms with Gasteiger partial charge >= 0.3 is 6.09 Å². The first-order chi connectivity index (χ1) is 28.7. The quantitative estimate of drug-likeness (QED) is 0.143. The van der Waals surface area contributed by atoms with Crippen molar-refractivity contribution in [3.05, 3.63) is 118 Å². The Morgan fingerprint density at radius 3 is 1.57 bits per heavy atom. The molecule has 0 spiro atoms. The Bertz CT molecular complexity index is 2590. The van der Waals surface area contributed by atoms with Crippen LogP contribution in [0.1, 0.15) is 40.5 Å². The van der Waals surface area contributed by atoms with Gasteiger partial charge in [-0.15, -0.1) is 0 Å². The van der Waals surface area contributed by atoms with Gasteiger partial charge in [0.25, 0.3) is 11.8 Å². The Morgan fingerprint density at radius 1 is 0.639 bits per heavy atom. The molecule has 2 aliphatic heterocycles. The summed E-state index contributed by atoms with van der Waals surface area (Å²) in [4.78, 5) is 40.1. The van der Waals surface area contributed by atoms with Crippen molar-refractivity contribution in [2.24, 2.45) is 0 Å². The summed E-state index contributed by atoms with van der Waals surface area (Å²) in [6.07, 6.45) is -3.43. The molecule has 2 N–H and O–H groups in total. The topological polar surface area (TPSA) is 162 Å². The van der Waals surface area contributed by atoms with Crippen molar-refractivity contribution < 1.29 is 71.1 Å². The highest BCUT2D eigenvalue weighted by Crippen LogP contribution is 2.36. The standard InChI is InChI=1S/C38H33F8N5O8S2/c1-2-49-9-11-50(12-10-49)38(54)59-24-7-8-51(61(57,58)32-14-21(4-6-26(32)40)37(53)48-23-17-29(43)35(46)30(44)18-23)33(19-24)60(55,56)31-13-20(3-5-25(31)39)36(52)47-22-15-27(41)34(45)28(42)16-22/h3-6,13-18,24,33H,2,7-12,19H2,1H3,(H,47,52)(H,48,53). The molecule has 2 atom stereocenters. The van der Waals surface area contributed by atoms with Crippen LogP contribution in [0.15, 0.2) is 70.5 Å². The average Bonchev–Trinajstić information content (AvgIpc) is 3.21. The zero-order chi connectivity index (χ0) is 44.6. The summed E-state index contributed by atoms with van der Waals surface area (Å²) in [5.41, 5.74) is -2.51. The third-order valence-electron chi connectivity index (χ3n) is 9.92. The van der Waals surface area contributed by atoms with Crippen LogP contribution < -0.4 is 10.6 Å². The number of sulfonamides is 1. The second kappa shape index (κ2) is 17.8. The number of benzene rings is 4. The Kier molecular flexibility index (Phi) is 13.1. The highest BCUT2D eigenvalue weighted by atomic mass is 32.2.